The lowest BCUT2D eigenvalue weighted by atomic mass is 9.98. The fourth-order valence-electron chi connectivity index (χ4n) is 4.45. The normalized spacial score (nSPS) is 16.3. The number of aliphatic imine (C=N–C) groups is 1. The zero-order valence-electron chi connectivity index (χ0n) is 18.4. The second-order valence-corrected chi connectivity index (χ2v) is 8.14. The second kappa shape index (κ2) is 8.60. The molecule has 0 saturated carbocycles. The summed E-state index contributed by atoms with van der Waals surface area (Å²) in [7, 11) is 0. The number of nitro groups is 1. The van der Waals surface area contributed by atoms with Crippen molar-refractivity contribution in [1.29, 1.82) is 0 Å². The highest BCUT2D eigenvalue weighted by molar-refractivity contribution is 6.23. The van der Waals surface area contributed by atoms with E-state index in [1.165, 1.54) is 24.3 Å². The smallest absolute Gasteiger partial charge is 0.277 e. The molecular weight excluding hydrogens is 451 g/mol. The van der Waals surface area contributed by atoms with Crippen molar-refractivity contribution in [3.8, 4) is 0 Å². The number of hydrogen-bond acceptors (Lipinski definition) is 5. The third-order valence-electron chi connectivity index (χ3n) is 6.10. The van der Waals surface area contributed by atoms with Gasteiger partial charge in [-0.25, -0.2) is 9.38 Å². The summed E-state index contributed by atoms with van der Waals surface area (Å²) in [6.07, 6.45) is -0.766. The highest BCUT2D eigenvalue weighted by Crippen LogP contribution is 2.36. The predicted molar refractivity (Wildman–Crippen MR) is 129 cm³/mol. The number of nitro benzene ring substituents is 1. The molecule has 0 fully saturated rings. The molecule has 0 spiro atoms. The molecule has 174 valence electrons. The summed E-state index contributed by atoms with van der Waals surface area (Å²) in [5.74, 6) is -1.79. The molecular formula is C26H19FN4O4. The van der Waals surface area contributed by atoms with Gasteiger partial charge in [0, 0.05) is 29.3 Å². The average molecular weight is 470 g/mol. The van der Waals surface area contributed by atoms with Crippen LogP contribution in [0.3, 0.4) is 0 Å². The van der Waals surface area contributed by atoms with Gasteiger partial charge in [-0.2, -0.15) is 0 Å². The van der Waals surface area contributed by atoms with E-state index < -0.39 is 28.7 Å². The molecule has 0 aliphatic carbocycles. The number of para-hydroxylation sites is 2. The van der Waals surface area contributed by atoms with Crippen LogP contribution < -0.4 is 10.2 Å². The quantitative estimate of drug-likeness (QED) is 0.349. The van der Waals surface area contributed by atoms with Crippen LogP contribution in [-0.2, 0) is 16.0 Å². The topological polar surface area (TPSA) is 105 Å². The molecule has 5 rings (SSSR count). The van der Waals surface area contributed by atoms with Gasteiger partial charge in [0.15, 0.2) is 0 Å². The van der Waals surface area contributed by atoms with Gasteiger partial charge in [0.1, 0.15) is 5.82 Å². The van der Waals surface area contributed by atoms with Crippen LogP contribution in [0.5, 0.6) is 0 Å². The largest absolute Gasteiger partial charge is 0.322 e. The molecule has 9 heteroatoms. The maximum atomic E-state index is 14.8. The summed E-state index contributed by atoms with van der Waals surface area (Å²) >= 11 is 0. The van der Waals surface area contributed by atoms with E-state index in [4.69, 9.17) is 0 Å². The molecule has 35 heavy (non-hydrogen) atoms. The van der Waals surface area contributed by atoms with Gasteiger partial charge >= 0.3 is 0 Å². The molecule has 2 amide bonds. The van der Waals surface area contributed by atoms with Crippen LogP contribution in [0.15, 0.2) is 78.3 Å². The number of anilines is 1. The molecule has 0 aromatic heterocycles. The highest BCUT2D eigenvalue weighted by atomic mass is 19.1. The zero-order valence-corrected chi connectivity index (χ0v) is 18.4. The fraction of sp³-hybridized carbons (Fsp3) is 0.115. The van der Waals surface area contributed by atoms with Crippen molar-refractivity contribution in [3.63, 3.8) is 0 Å². The van der Waals surface area contributed by atoms with Crippen molar-refractivity contribution in [1.82, 2.24) is 5.32 Å². The van der Waals surface area contributed by atoms with E-state index in [0.717, 1.165) is 5.56 Å². The van der Waals surface area contributed by atoms with Crippen LogP contribution in [0.2, 0.25) is 0 Å². The standard InChI is InChI=1S/C26H19FN4O4/c1-15(17-8-3-5-12-21(17)31(34)35)25(32)29-24-26(33)30-14-13-16-7-6-10-19(23(16)30)22(28-24)18-9-2-4-11-20(18)27/h2-12,24H,1,13-14H2,(H,29,32)/t24-/m1/s1. The van der Waals surface area contributed by atoms with E-state index in [-0.39, 0.29) is 28.1 Å². The minimum absolute atomic E-state index is 0.0288. The van der Waals surface area contributed by atoms with Gasteiger partial charge in [-0.15, -0.1) is 0 Å². The Labute approximate surface area is 199 Å². The first-order chi connectivity index (χ1) is 16.9. The van der Waals surface area contributed by atoms with Gasteiger partial charge in [0.25, 0.3) is 17.5 Å². The van der Waals surface area contributed by atoms with Crippen LogP contribution in [-0.4, -0.2) is 35.2 Å². The molecule has 0 saturated heterocycles. The van der Waals surface area contributed by atoms with Gasteiger partial charge in [-0.05, 0) is 30.2 Å². The summed E-state index contributed by atoms with van der Waals surface area (Å²) in [5, 5.41) is 13.9. The molecule has 0 unspecified atom stereocenters. The van der Waals surface area contributed by atoms with Crippen LogP contribution in [0.1, 0.15) is 22.3 Å². The summed E-state index contributed by atoms with van der Waals surface area (Å²) in [5.41, 5.74) is 2.15. The van der Waals surface area contributed by atoms with Gasteiger partial charge in [0.05, 0.1) is 21.9 Å². The maximum absolute atomic E-state index is 14.8. The number of benzene rings is 3. The zero-order chi connectivity index (χ0) is 24.7. The molecule has 8 nitrogen and oxygen atoms in total. The number of rotatable bonds is 5. The Hall–Kier alpha value is -4.66. The van der Waals surface area contributed by atoms with Crippen molar-refractivity contribution in [2.75, 3.05) is 11.4 Å². The molecule has 1 N–H and O–H groups in total. The molecule has 0 radical (unpaired) electrons. The molecule has 2 heterocycles. The maximum Gasteiger partial charge on any atom is 0.277 e. The second-order valence-electron chi connectivity index (χ2n) is 8.14. The average Bonchev–Trinajstić information content (AvgIpc) is 3.26. The Balaban J connectivity index is 1.57. The number of nitrogens with zero attached hydrogens (tertiary/aromatic N) is 3. The van der Waals surface area contributed by atoms with Gasteiger partial charge in [-0.1, -0.05) is 49.0 Å². The molecule has 1 atom stereocenters. The predicted octanol–water partition coefficient (Wildman–Crippen LogP) is 3.63. The van der Waals surface area contributed by atoms with Crippen molar-refractivity contribution in [2.45, 2.75) is 12.6 Å². The van der Waals surface area contributed by atoms with E-state index in [1.54, 1.807) is 35.2 Å². The van der Waals surface area contributed by atoms with Crippen LogP contribution in [0, 0.1) is 15.9 Å². The minimum Gasteiger partial charge on any atom is -0.322 e. The Morgan fingerprint density at radius 2 is 1.80 bits per heavy atom. The molecule has 2 aliphatic rings. The Morgan fingerprint density at radius 3 is 2.57 bits per heavy atom. The third kappa shape index (κ3) is 3.76. The number of amides is 2. The van der Waals surface area contributed by atoms with E-state index in [9.17, 15) is 24.1 Å². The fourth-order valence-corrected chi connectivity index (χ4v) is 4.45. The van der Waals surface area contributed by atoms with Crippen LogP contribution in [0.4, 0.5) is 15.8 Å². The van der Waals surface area contributed by atoms with Crippen LogP contribution in [0.25, 0.3) is 5.57 Å². The Kier molecular flexibility index (Phi) is 5.44. The van der Waals surface area contributed by atoms with Crippen molar-refractivity contribution in [3.05, 3.63) is 111 Å². The number of carbonyl (C=O) groups is 2. The van der Waals surface area contributed by atoms with E-state index >= 15 is 0 Å². The van der Waals surface area contributed by atoms with Crippen molar-refractivity contribution < 1.29 is 18.9 Å². The first-order valence-corrected chi connectivity index (χ1v) is 10.9. The molecule has 2 aliphatic heterocycles. The number of nitrogens with one attached hydrogen (secondary N) is 1. The first-order valence-electron chi connectivity index (χ1n) is 10.9. The monoisotopic (exact) mass is 470 g/mol. The minimum atomic E-state index is -1.38. The SMILES string of the molecule is C=C(C(=O)N[C@H]1N=C(c2ccccc2F)c2cccc3c2N(CC3)C1=O)c1ccccc1[N+](=O)[O-]. The Morgan fingerprint density at radius 1 is 1.09 bits per heavy atom. The molecule has 0 bridgehead atoms. The number of hydrogen-bond donors (Lipinski definition) is 1. The van der Waals surface area contributed by atoms with Crippen molar-refractivity contribution in [2.24, 2.45) is 4.99 Å². The molecule has 3 aromatic carbocycles. The lowest BCUT2D eigenvalue weighted by Crippen LogP contribution is -2.47. The van der Waals surface area contributed by atoms with Crippen LogP contribution >= 0.6 is 0 Å². The van der Waals surface area contributed by atoms with Gasteiger partial charge < -0.3 is 10.2 Å². The summed E-state index contributed by atoms with van der Waals surface area (Å²) < 4.78 is 14.8. The third-order valence-corrected chi connectivity index (χ3v) is 6.10. The van der Waals surface area contributed by atoms with Gasteiger partial charge in [0.2, 0.25) is 6.17 Å². The Bertz CT molecular complexity index is 1450. The lowest BCUT2D eigenvalue weighted by molar-refractivity contribution is -0.385. The van der Waals surface area contributed by atoms with Crippen molar-refractivity contribution >= 4 is 34.5 Å². The molecule has 3 aromatic rings. The summed E-state index contributed by atoms with van der Waals surface area (Å²) in [4.78, 5) is 43.4. The van der Waals surface area contributed by atoms with Gasteiger partial charge in [-0.3, -0.25) is 19.7 Å². The van der Waals surface area contributed by atoms with E-state index in [0.29, 0.717) is 24.2 Å². The number of halogens is 1. The highest BCUT2D eigenvalue weighted by Gasteiger charge is 2.38. The first kappa shape index (κ1) is 22.1. The van der Waals surface area contributed by atoms with E-state index in [2.05, 4.69) is 16.9 Å². The summed E-state index contributed by atoms with van der Waals surface area (Å²) in [6.45, 7) is 4.10. The summed E-state index contributed by atoms with van der Waals surface area (Å²) in [6, 6.07) is 17.3. The van der Waals surface area contributed by atoms with E-state index in [1.807, 2.05) is 12.1 Å². The lowest BCUT2D eigenvalue weighted by Gasteiger charge is -2.21. The number of carbonyl (C=O) groups excluding carboxylic acids is 2.